The molecular formula is C19H19F4N5O3. The summed E-state index contributed by atoms with van der Waals surface area (Å²) < 4.78 is 64.7. The number of hydrogen-bond donors (Lipinski definition) is 2. The van der Waals surface area contributed by atoms with Crippen molar-refractivity contribution in [2.45, 2.75) is 25.2 Å². The van der Waals surface area contributed by atoms with E-state index in [2.05, 4.69) is 20.6 Å². The Morgan fingerprint density at radius 1 is 1.39 bits per heavy atom. The van der Waals surface area contributed by atoms with Crippen molar-refractivity contribution in [1.29, 1.82) is 0 Å². The van der Waals surface area contributed by atoms with E-state index in [1.54, 1.807) is 6.92 Å². The summed E-state index contributed by atoms with van der Waals surface area (Å²) in [5.41, 5.74) is -1.13. The quantitative estimate of drug-likeness (QED) is 0.667. The zero-order valence-corrected chi connectivity index (χ0v) is 16.6. The first-order valence-corrected chi connectivity index (χ1v) is 9.48. The van der Waals surface area contributed by atoms with E-state index < -0.39 is 29.3 Å². The van der Waals surface area contributed by atoms with E-state index >= 15 is 4.39 Å². The number of hydrogen-bond acceptors (Lipinski definition) is 7. The number of nitrogens with one attached hydrogen (secondary N) is 2. The van der Waals surface area contributed by atoms with Gasteiger partial charge in [0.2, 0.25) is 5.95 Å². The van der Waals surface area contributed by atoms with Crippen LogP contribution in [0.25, 0.3) is 0 Å². The molecule has 0 spiro atoms. The van der Waals surface area contributed by atoms with Crippen LogP contribution >= 0.6 is 0 Å². The van der Waals surface area contributed by atoms with Crippen molar-refractivity contribution in [2.24, 2.45) is 0 Å². The van der Waals surface area contributed by atoms with Gasteiger partial charge in [-0.05, 0) is 19.1 Å². The second-order valence-corrected chi connectivity index (χ2v) is 7.01. The fourth-order valence-electron chi connectivity index (χ4n) is 3.45. The number of aromatic nitrogens is 2. The van der Waals surface area contributed by atoms with Gasteiger partial charge in [0.25, 0.3) is 5.91 Å². The van der Waals surface area contributed by atoms with Gasteiger partial charge < -0.3 is 25.0 Å². The van der Waals surface area contributed by atoms with Crippen LogP contribution in [0.1, 0.15) is 22.8 Å². The Morgan fingerprint density at radius 3 is 2.71 bits per heavy atom. The highest BCUT2D eigenvalue weighted by atomic mass is 19.4. The number of benzene rings is 1. The minimum Gasteiger partial charge on any atom is -0.492 e. The summed E-state index contributed by atoms with van der Waals surface area (Å²) >= 11 is 0. The van der Waals surface area contributed by atoms with Crippen LogP contribution in [0.15, 0.2) is 18.3 Å². The summed E-state index contributed by atoms with van der Waals surface area (Å²) in [7, 11) is 1.22. The van der Waals surface area contributed by atoms with Crippen molar-refractivity contribution < 1.29 is 31.8 Å². The third kappa shape index (κ3) is 3.71. The fourth-order valence-corrected chi connectivity index (χ4v) is 3.45. The molecule has 2 fully saturated rings. The maximum absolute atomic E-state index is 15.0. The highest BCUT2D eigenvalue weighted by Crippen LogP contribution is 2.37. The average Bonchev–Trinajstić information content (AvgIpc) is 2.69. The molecule has 2 aliphatic rings. The van der Waals surface area contributed by atoms with Gasteiger partial charge in [-0.3, -0.25) is 4.79 Å². The van der Waals surface area contributed by atoms with Gasteiger partial charge in [0, 0.05) is 19.3 Å². The molecule has 166 valence electrons. The number of anilines is 3. The van der Waals surface area contributed by atoms with Crippen LogP contribution in [0.2, 0.25) is 0 Å². The lowest BCUT2D eigenvalue weighted by atomic mass is 9.93. The number of likely N-dealkylation sites (tertiary alicyclic amines) is 1. The van der Waals surface area contributed by atoms with Crippen molar-refractivity contribution in [1.82, 2.24) is 14.9 Å². The van der Waals surface area contributed by atoms with E-state index in [1.807, 2.05) is 0 Å². The van der Waals surface area contributed by atoms with E-state index in [0.29, 0.717) is 19.3 Å². The molecule has 4 rings (SSSR count). The number of halogens is 4. The second kappa shape index (κ2) is 7.84. The molecular weight excluding hydrogens is 422 g/mol. The van der Waals surface area contributed by atoms with Crippen LogP contribution in [0.4, 0.5) is 35.0 Å². The topological polar surface area (TPSA) is 88.6 Å². The number of nitrogens with zero attached hydrogens (tertiary/aromatic N) is 3. The van der Waals surface area contributed by atoms with Gasteiger partial charge in [-0.2, -0.15) is 18.2 Å². The van der Waals surface area contributed by atoms with Crippen LogP contribution < -0.4 is 15.4 Å². The minimum absolute atomic E-state index is 0.0117. The first-order valence-electron chi connectivity index (χ1n) is 9.48. The predicted octanol–water partition coefficient (Wildman–Crippen LogP) is 3.04. The number of methoxy groups -OCH3 is 1. The first kappa shape index (κ1) is 21.1. The van der Waals surface area contributed by atoms with Crippen molar-refractivity contribution in [2.75, 3.05) is 37.4 Å². The number of morpholine rings is 1. The summed E-state index contributed by atoms with van der Waals surface area (Å²) in [6, 6.07) is 2.63. The Hall–Kier alpha value is -3.15. The lowest BCUT2D eigenvalue weighted by Gasteiger charge is -2.54. The lowest BCUT2D eigenvalue weighted by molar-refractivity contribution is -0.195. The van der Waals surface area contributed by atoms with Gasteiger partial charge in [0.1, 0.15) is 11.4 Å². The number of carbonyl (C=O) groups is 1. The molecule has 12 heteroatoms. The molecule has 0 saturated carbocycles. The van der Waals surface area contributed by atoms with Crippen LogP contribution in [-0.4, -0.2) is 59.7 Å². The molecule has 1 amide bonds. The molecule has 2 unspecified atom stereocenters. The molecule has 0 aliphatic carbocycles. The molecule has 3 heterocycles. The molecule has 31 heavy (non-hydrogen) atoms. The molecule has 0 radical (unpaired) electrons. The molecule has 0 bridgehead atoms. The smallest absolute Gasteiger partial charge is 0.421 e. The summed E-state index contributed by atoms with van der Waals surface area (Å²) in [6.45, 7) is 2.66. The van der Waals surface area contributed by atoms with E-state index in [-0.39, 0.29) is 41.6 Å². The van der Waals surface area contributed by atoms with Gasteiger partial charge in [-0.1, -0.05) is 0 Å². The number of carbonyl (C=O) groups excluding carboxylic acids is 1. The lowest BCUT2D eigenvalue weighted by Crippen LogP contribution is -2.71. The van der Waals surface area contributed by atoms with Gasteiger partial charge in [-0.15, -0.1) is 0 Å². The minimum atomic E-state index is -4.64. The van der Waals surface area contributed by atoms with Crippen LogP contribution in [-0.2, 0) is 10.9 Å². The summed E-state index contributed by atoms with van der Waals surface area (Å²) in [4.78, 5) is 21.7. The largest absolute Gasteiger partial charge is 0.492 e. The van der Waals surface area contributed by atoms with Gasteiger partial charge >= 0.3 is 6.18 Å². The molecule has 2 saturated heterocycles. The predicted molar refractivity (Wildman–Crippen MR) is 102 cm³/mol. The van der Waals surface area contributed by atoms with E-state index in [9.17, 15) is 18.0 Å². The molecule has 8 nitrogen and oxygen atoms in total. The van der Waals surface area contributed by atoms with Crippen LogP contribution in [0, 0.1) is 5.82 Å². The van der Waals surface area contributed by atoms with Crippen molar-refractivity contribution >= 4 is 23.4 Å². The Balaban J connectivity index is 1.61. The normalized spacial score (nSPS) is 19.7. The Morgan fingerprint density at radius 2 is 2.16 bits per heavy atom. The maximum Gasteiger partial charge on any atom is 0.421 e. The molecule has 2 atom stereocenters. The van der Waals surface area contributed by atoms with Gasteiger partial charge in [0.15, 0.2) is 11.6 Å². The van der Waals surface area contributed by atoms with Crippen LogP contribution in [0.5, 0.6) is 5.75 Å². The van der Waals surface area contributed by atoms with Gasteiger partial charge in [-0.25, -0.2) is 9.37 Å². The van der Waals surface area contributed by atoms with Crippen LogP contribution in [0.3, 0.4) is 0 Å². The first-order chi connectivity index (χ1) is 14.7. The SMILES string of the molecule is CCNc1nc(Nc2ccc(C(=O)N3CC4OCC43)c(F)c2OC)ncc1C(F)(F)F. The average molecular weight is 441 g/mol. The van der Waals surface area contributed by atoms with E-state index in [0.717, 1.165) is 0 Å². The Kier molecular flexibility index (Phi) is 5.33. The molecule has 2 N–H and O–H groups in total. The third-order valence-electron chi connectivity index (χ3n) is 5.16. The summed E-state index contributed by atoms with van der Waals surface area (Å²) in [6.07, 6.45) is -3.99. The maximum atomic E-state index is 15.0. The Bertz CT molecular complexity index is 1020. The standard InChI is InChI=1S/C19H19F4N5O3/c1-3-24-16-10(19(21,22)23)6-25-18(27-16)26-11-5-4-9(14(20)15(11)30-2)17(29)28-7-13-12(28)8-31-13/h4-6,12-13H,3,7-8H2,1-2H3,(H2,24,25,26,27). The van der Waals surface area contributed by atoms with Crippen molar-refractivity contribution in [3.05, 3.63) is 35.3 Å². The monoisotopic (exact) mass is 441 g/mol. The fraction of sp³-hybridized carbons (Fsp3) is 0.421. The van der Waals surface area contributed by atoms with Gasteiger partial charge in [0.05, 0.1) is 37.1 Å². The summed E-state index contributed by atoms with van der Waals surface area (Å²) in [5, 5.41) is 5.19. The Labute approximate surface area is 174 Å². The zero-order chi connectivity index (χ0) is 22.3. The van der Waals surface area contributed by atoms with Crippen molar-refractivity contribution in [3.8, 4) is 5.75 Å². The third-order valence-corrected chi connectivity index (χ3v) is 5.16. The summed E-state index contributed by atoms with van der Waals surface area (Å²) in [5.74, 6) is -2.25. The molecule has 2 aromatic rings. The van der Waals surface area contributed by atoms with E-state index in [4.69, 9.17) is 9.47 Å². The zero-order valence-electron chi connectivity index (χ0n) is 16.6. The van der Waals surface area contributed by atoms with E-state index in [1.165, 1.54) is 24.1 Å². The highest BCUT2D eigenvalue weighted by Gasteiger charge is 2.50. The second-order valence-electron chi connectivity index (χ2n) is 7.01. The molecule has 1 aromatic heterocycles. The number of alkyl halides is 3. The number of amides is 1. The number of rotatable bonds is 6. The number of ether oxygens (including phenoxy) is 2. The van der Waals surface area contributed by atoms with Crippen molar-refractivity contribution in [3.63, 3.8) is 0 Å². The molecule has 2 aliphatic heterocycles. The molecule has 1 aromatic carbocycles. The highest BCUT2D eigenvalue weighted by molar-refractivity contribution is 5.96. The number of fused-ring (bicyclic) bond motifs is 1.